The van der Waals surface area contributed by atoms with E-state index in [9.17, 15) is 0 Å². The third kappa shape index (κ3) is 12.1. The zero-order valence-electron chi connectivity index (χ0n) is 26.5. The number of rotatable bonds is 18. The zero-order valence-corrected chi connectivity index (χ0v) is 26.5. The van der Waals surface area contributed by atoms with Crippen LogP contribution in [0.25, 0.3) is 0 Å². The molecule has 0 heterocycles. The molecule has 0 spiro atoms. The van der Waals surface area contributed by atoms with Gasteiger partial charge in [-0.05, 0) is 76.3 Å². The summed E-state index contributed by atoms with van der Waals surface area (Å²) in [6.45, 7) is 25.2. The number of aryl methyl sites for hydroxylation is 3. The Hall–Kier alpha value is -2.16. The van der Waals surface area contributed by atoms with Crippen molar-refractivity contribution < 1.29 is 0 Å². The highest BCUT2D eigenvalue weighted by Gasteiger charge is 2.12. The van der Waals surface area contributed by atoms with E-state index in [2.05, 4.69) is 86.3 Å². The molecule has 0 saturated heterocycles. The number of aliphatic imine (C=N–C) groups is 2. The van der Waals surface area contributed by atoms with E-state index in [1.165, 1.54) is 61.6 Å². The van der Waals surface area contributed by atoms with E-state index in [1.807, 2.05) is 6.08 Å². The maximum absolute atomic E-state index is 5.18. The highest BCUT2D eigenvalue weighted by molar-refractivity contribution is 6.05. The van der Waals surface area contributed by atoms with Crippen LogP contribution in [0.4, 0.5) is 5.69 Å². The SMILES string of the molecule is C=CC(/C(CCC)=N/c1c(C)cc(C)cc1C)=C(C)\N=C(/CCC)NCCCC(CCC)CCC(C)CC. The molecule has 1 aromatic rings. The lowest BCUT2D eigenvalue weighted by Gasteiger charge is -2.19. The third-order valence-electron chi connectivity index (χ3n) is 7.64. The Morgan fingerprint density at radius 1 is 0.921 bits per heavy atom. The normalized spacial score (nSPS) is 14.8. The monoisotopic (exact) mass is 521 g/mol. The first-order valence-electron chi connectivity index (χ1n) is 15.5. The van der Waals surface area contributed by atoms with Gasteiger partial charge in [-0.2, -0.15) is 0 Å². The summed E-state index contributed by atoms with van der Waals surface area (Å²) < 4.78 is 0. The van der Waals surface area contributed by atoms with Gasteiger partial charge in [0, 0.05) is 24.2 Å². The van der Waals surface area contributed by atoms with Crippen molar-refractivity contribution in [3.8, 4) is 0 Å². The maximum atomic E-state index is 5.18. The molecule has 2 unspecified atom stereocenters. The maximum Gasteiger partial charge on any atom is 0.102 e. The van der Waals surface area contributed by atoms with E-state index >= 15 is 0 Å². The first-order valence-corrected chi connectivity index (χ1v) is 15.5. The van der Waals surface area contributed by atoms with Gasteiger partial charge in [0.25, 0.3) is 0 Å². The smallest absolute Gasteiger partial charge is 0.102 e. The molecule has 0 aromatic heterocycles. The summed E-state index contributed by atoms with van der Waals surface area (Å²) in [7, 11) is 0. The van der Waals surface area contributed by atoms with Crippen molar-refractivity contribution >= 4 is 17.2 Å². The number of hydrogen-bond donors (Lipinski definition) is 1. The predicted molar refractivity (Wildman–Crippen MR) is 172 cm³/mol. The molecule has 38 heavy (non-hydrogen) atoms. The Morgan fingerprint density at radius 3 is 2.13 bits per heavy atom. The number of nitrogens with one attached hydrogen (secondary N) is 1. The highest BCUT2D eigenvalue weighted by Crippen LogP contribution is 2.28. The van der Waals surface area contributed by atoms with Gasteiger partial charge < -0.3 is 5.32 Å². The molecule has 0 radical (unpaired) electrons. The molecule has 214 valence electrons. The molecule has 3 nitrogen and oxygen atoms in total. The van der Waals surface area contributed by atoms with Gasteiger partial charge in [0.05, 0.1) is 11.4 Å². The van der Waals surface area contributed by atoms with Crippen LogP contribution >= 0.6 is 0 Å². The van der Waals surface area contributed by atoms with Gasteiger partial charge >= 0.3 is 0 Å². The fourth-order valence-corrected chi connectivity index (χ4v) is 5.32. The molecule has 1 rings (SSSR count). The molecular formula is C35H59N3. The van der Waals surface area contributed by atoms with E-state index in [-0.39, 0.29) is 0 Å². The van der Waals surface area contributed by atoms with Crippen molar-refractivity contribution in [2.45, 2.75) is 133 Å². The molecule has 1 N–H and O–H groups in total. The fraction of sp³-hybridized carbons (Fsp3) is 0.657. The van der Waals surface area contributed by atoms with Crippen molar-refractivity contribution in [3.05, 3.63) is 52.7 Å². The Balaban J connectivity index is 3.08. The molecule has 3 heteroatoms. The highest BCUT2D eigenvalue weighted by atomic mass is 15.0. The van der Waals surface area contributed by atoms with Crippen LogP contribution in [-0.2, 0) is 0 Å². The topological polar surface area (TPSA) is 36.8 Å². The average molecular weight is 522 g/mol. The second-order valence-corrected chi connectivity index (χ2v) is 11.4. The lowest BCUT2D eigenvalue weighted by Crippen LogP contribution is -2.25. The molecule has 0 aliphatic heterocycles. The van der Waals surface area contributed by atoms with Crippen LogP contribution in [0.2, 0.25) is 0 Å². The Bertz CT molecular complexity index is 911. The second kappa shape index (κ2) is 19.0. The molecule has 0 fully saturated rings. The van der Waals surface area contributed by atoms with E-state index in [0.717, 1.165) is 72.6 Å². The Morgan fingerprint density at radius 2 is 1.58 bits per heavy atom. The summed E-state index contributed by atoms with van der Waals surface area (Å²) in [5, 5.41) is 3.69. The minimum absolute atomic E-state index is 0.851. The van der Waals surface area contributed by atoms with Crippen LogP contribution in [0, 0.1) is 32.6 Å². The molecule has 0 bridgehead atoms. The lowest BCUT2D eigenvalue weighted by molar-refractivity contribution is 0.356. The van der Waals surface area contributed by atoms with Crippen molar-refractivity contribution in [2.24, 2.45) is 21.8 Å². The van der Waals surface area contributed by atoms with E-state index in [1.54, 1.807) is 0 Å². The standard InChI is InChI=1S/C35H59N3/c1-11-17-31(22-21-26(6)14-4)20-16-23-36-34(19-13-3)37-30(10)32(15-5)33(18-12-2)38-35-28(8)24-27(7)25-29(35)9/h15,24-26,31H,5,11-14,16-23H2,1-4,6-10H3,(H,36,37)/b32-30+,38-33+. The molecule has 2 atom stereocenters. The van der Waals surface area contributed by atoms with Gasteiger partial charge in [0.2, 0.25) is 0 Å². The van der Waals surface area contributed by atoms with Crippen molar-refractivity contribution in [3.63, 3.8) is 0 Å². The molecule has 0 amide bonds. The van der Waals surface area contributed by atoms with E-state index in [4.69, 9.17) is 9.98 Å². The summed E-state index contributed by atoms with van der Waals surface area (Å²) in [5.74, 6) is 2.80. The van der Waals surface area contributed by atoms with Crippen molar-refractivity contribution in [2.75, 3.05) is 6.54 Å². The van der Waals surface area contributed by atoms with Gasteiger partial charge in [0.1, 0.15) is 5.84 Å². The van der Waals surface area contributed by atoms with Gasteiger partial charge in [-0.15, -0.1) is 0 Å². The minimum atomic E-state index is 0.851. The average Bonchev–Trinajstić information content (AvgIpc) is 2.87. The van der Waals surface area contributed by atoms with Crippen LogP contribution in [0.5, 0.6) is 0 Å². The molecular weight excluding hydrogens is 462 g/mol. The number of benzene rings is 1. The van der Waals surface area contributed by atoms with Gasteiger partial charge in [0.15, 0.2) is 0 Å². The quantitative estimate of drug-likeness (QED) is 0.0886. The molecule has 1 aromatic carbocycles. The molecule has 0 saturated carbocycles. The van der Waals surface area contributed by atoms with Crippen LogP contribution in [-0.4, -0.2) is 18.1 Å². The number of nitrogens with zero attached hydrogens (tertiary/aromatic N) is 2. The molecule has 0 aliphatic carbocycles. The van der Waals surface area contributed by atoms with Crippen molar-refractivity contribution in [1.82, 2.24) is 5.32 Å². The number of hydrogen-bond acceptors (Lipinski definition) is 2. The summed E-state index contributed by atoms with van der Waals surface area (Å²) in [5.41, 5.74) is 7.95. The summed E-state index contributed by atoms with van der Waals surface area (Å²) in [6.07, 6.45) is 15.1. The van der Waals surface area contributed by atoms with E-state index in [0.29, 0.717) is 0 Å². The lowest BCUT2D eigenvalue weighted by atomic mass is 9.89. The Kier molecular flexibility index (Phi) is 16.9. The zero-order chi connectivity index (χ0) is 28.5. The first kappa shape index (κ1) is 33.9. The first-order chi connectivity index (χ1) is 18.2. The third-order valence-corrected chi connectivity index (χ3v) is 7.64. The van der Waals surface area contributed by atoms with Crippen LogP contribution in [0.3, 0.4) is 0 Å². The van der Waals surface area contributed by atoms with Gasteiger partial charge in [-0.25, -0.2) is 4.99 Å². The summed E-state index contributed by atoms with van der Waals surface area (Å²) in [4.78, 5) is 10.3. The Labute approximate surface area is 236 Å². The summed E-state index contributed by atoms with van der Waals surface area (Å²) >= 11 is 0. The van der Waals surface area contributed by atoms with Gasteiger partial charge in [-0.3, -0.25) is 4.99 Å². The molecule has 0 aliphatic rings. The van der Waals surface area contributed by atoms with Crippen LogP contribution in [0.1, 0.15) is 129 Å². The van der Waals surface area contributed by atoms with Crippen LogP contribution < -0.4 is 5.32 Å². The van der Waals surface area contributed by atoms with Gasteiger partial charge in [-0.1, -0.05) is 103 Å². The number of amidine groups is 1. The van der Waals surface area contributed by atoms with Crippen molar-refractivity contribution in [1.29, 1.82) is 0 Å². The van der Waals surface area contributed by atoms with E-state index < -0.39 is 0 Å². The van der Waals surface area contributed by atoms with Crippen LogP contribution in [0.15, 0.2) is 46.0 Å². The second-order valence-electron chi connectivity index (χ2n) is 11.4. The number of allylic oxidation sites excluding steroid dienone is 3. The largest absolute Gasteiger partial charge is 0.374 e. The fourth-order valence-electron chi connectivity index (χ4n) is 5.32. The predicted octanol–water partition coefficient (Wildman–Crippen LogP) is 10.8. The minimum Gasteiger partial charge on any atom is -0.374 e. The summed E-state index contributed by atoms with van der Waals surface area (Å²) in [6, 6.07) is 4.44.